The third-order valence-electron chi connectivity index (χ3n) is 6.04. The van der Waals surface area contributed by atoms with Crippen LogP contribution < -0.4 is 21.3 Å². The number of fused-ring (bicyclic) bond motifs is 1. The topological polar surface area (TPSA) is 98.4 Å². The van der Waals surface area contributed by atoms with E-state index >= 15 is 0 Å². The maximum Gasteiger partial charge on any atom is 0.319 e. The van der Waals surface area contributed by atoms with Gasteiger partial charge < -0.3 is 26.2 Å². The molecule has 0 saturated carbocycles. The number of hydrogen-bond acceptors (Lipinski definition) is 4. The van der Waals surface area contributed by atoms with Crippen LogP contribution in [-0.4, -0.2) is 54.2 Å². The second-order valence-corrected chi connectivity index (χ2v) is 8.79. The number of pyridine rings is 1. The maximum absolute atomic E-state index is 12.4. The molecule has 1 aromatic heterocycles. The summed E-state index contributed by atoms with van der Waals surface area (Å²) in [5.74, 6) is 0. The van der Waals surface area contributed by atoms with E-state index in [1.54, 1.807) is 0 Å². The summed E-state index contributed by atoms with van der Waals surface area (Å²) in [5.41, 5.74) is 4.43. The Bertz CT molecular complexity index is 1140. The fourth-order valence-electron chi connectivity index (χ4n) is 4.20. The van der Waals surface area contributed by atoms with E-state index in [1.165, 1.54) is 0 Å². The molecule has 34 heavy (non-hydrogen) atoms. The second kappa shape index (κ2) is 11.0. The average molecular weight is 461 g/mol. The molecule has 1 saturated heterocycles. The van der Waals surface area contributed by atoms with Gasteiger partial charge in [-0.1, -0.05) is 35.9 Å². The average Bonchev–Trinajstić information content (AvgIpc) is 2.81. The van der Waals surface area contributed by atoms with E-state index in [0.717, 1.165) is 66.0 Å². The van der Waals surface area contributed by atoms with Crippen LogP contribution in [0.2, 0.25) is 0 Å². The molecule has 0 spiro atoms. The molecule has 0 unspecified atom stereocenters. The number of amides is 4. The van der Waals surface area contributed by atoms with Gasteiger partial charge in [-0.15, -0.1) is 0 Å². The summed E-state index contributed by atoms with van der Waals surface area (Å²) in [4.78, 5) is 31.5. The molecule has 0 radical (unpaired) electrons. The highest BCUT2D eigenvalue weighted by molar-refractivity contribution is 6.00. The Morgan fingerprint density at radius 2 is 1.71 bits per heavy atom. The van der Waals surface area contributed by atoms with Gasteiger partial charge in [0.1, 0.15) is 0 Å². The Balaban J connectivity index is 1.16. The first-order valence-electron chi connectivity index (χ1n) is 11.7. The van der Waals surface area contributed by atoms with E-state index in [2.05, 4.69) is 31.2 Å². The maximum atomic E-state index is 12.4. The number of carbonyl (C=O) groups is 2. The number of hydrogen-bond donors (Lipinski definition) is 4. The lowest BCUT2D eigenvalue weighted by Crippen LogP contribution is -2.47. The van der Waals surface area contributed by atoms with Gasteiger partial charge in [0.25, 0.3) is 0 Å². The molecule has 2 heterocycles. The van der Waals surface area contributed by atoms with Crippen molar-refractivity contribution in [1.82, 2.24) is 20.5 Å². The van der Waals surface area contributed by atoms with Gasteiger partial charge >= 0.3 is 12.1 Å². The van der Waals surface area contributed by atoms with Crippen molar-refractivity contribution in [3.8, 4) is 0 Å². The summed E-state index contributed by atoms with van der Waals surface area (Å²) < 4.78 is 0. The zero-order valence-electron chi connectivity index (χ0n) is 19.7. The van der Waals surface area contributed by atoms with Crippen molar-refractivity contribution in [1.29, 1.82) is 0 Å². The SMILES string of the molecule is Cc1ccc(NC(=O)NC2CCN(CCNC(=O)Nc3cc(C)nc4ccccc34)CC2)cc1. The van der Waals surface area contributed by atoms with E-state index in [4.69, 9.17) is 0 Å². The molecule has 2 aromatic carbocycles. The zero-order chi connectivity index (χ0) is 23.9. The normalized spacial score (nSPS) is 14.5. The molecular weight excluding hydrogens is 428 g/mol. The third-order valence-corrected chi connectivity index (χ3v) is 6.04. The van der Waals surface area contributed by atoms with Crippen LogP contribution in [0.15, 0.2) is 54.6 Å². The Labute approximate surface area is 200 Å². The van der Waals surface area contributed by atoms with E-state index in [0.29, 0.717) is 6.54 Å². The van der Waals surface area contributed by atoms with Crippen molar-refractivity contribution in [3.63, 3.8) is 0 Å². The molecule has 0 bridgehead atoms. The van der Waals surface area contributed by atoms with Crippen molar-refractivity contribution in [2.45, 2.75) is 32.7 Å². The first-order chi connectivity index (χ1) is 16.5. The fourth-order valence-corrected chi connectivity index (χ4v) is 4.20. The largest absolute Gasteiger partial charge is 0.337 e. The summed E-state index contributed by atoms with van der Waals surface area (Å²) in [6.07, 6.45) is 1.77. The summed E-state index contributed by atoms with van der Waals surface area (Å²) in [5, 5.41) is 12.8. The number of benzene rings is 2. The molecular formula is C26H32N6O2. The van der Waals surface area contributed by atoms with Crippen LogP contribution in [0.3, 0.4) is 0 Å². The van der Waals surface area contributed by atoms with Gasteiger partial charge in [0.2, 0.25) is 0 Å². The number of aryl methyl sites for hydroxylation is 2. The van der Waals surface area contributed by atoms with Gasteiger partial charge in [-0.05, 0) is 51.0 Å². The van der Waals surface area contributed by atoms with Crippen LogP contribution in [0, 0.1) is 13.8 Å². The third kappa shape index (κ3) is 6.45. The second-order valence-electron chi connectivity index (χ2n) is 8.79. The predicted molar refractivity (Wildman–Crippen MR) is 136 cm³/mol. The molecule has 4 amide bonds. The van der Waals surface area contributed by atoms with Crippen molar-refractivity contribution in [3.05, 3.63) is 65.9 Å². The molecule has 1 fully saturated rings. The molecule has 1 aliphatic heterocycles. The molecule has 0 atom stereocenters. The van der Waals surface area contributed by atoms with E-state index in [-0.39, 0.29) is 18.1 Å². The highest BCUT2D eigenvalue weighted by Gasteiger charge is 2.20. The number of para-hydroxylation sites is 1. The van der Waals surface area contributed by atoms with Gasteiger partial charge in [0.15, 0.2) is 0 Å². The molecule has 4 rings (SSSR count). The number of urea groups is 2. The van der Waals surface area contributed by atoms with Crippen molar-refractivity contribution < 1.29 is 9.59 Å². The number of carbonyl (C=O) groups excluding carboxylic acids is 2. The van der Waals surface area contributed by atoms with Gasteiger partial charge in [-0.2, -0.15) is 0 Å². The molecule has 8 nitrogen and oxygen atoms in total. The van der Waals surface area contributed by atoms with Crippen LogP contribution in [0.25, 0.3) is 10.9 Å². The number of piperidine rings is 1. The smallest absolute Gasteiger partial charge is 0.319 e. The summed E-state index contributed by atoms with van der Waals surface area (Å²) in [6, 6.07) is 17.2. The van der Waals surface area contributed by atoms with Crippen molar-refractivity contribution in [2.75, 3.05) is 36.8 Å². The van der Waals surface area contributed by atoms with Crippen LogP contribution in [0.5, 0.6) is 0 Å². The van der Waals surface area contributed by atoms with Gasteiger partial charge in [0.05, 0.1) is 11.2 Å². The van der Waals surface area contributed by atoms with Crippen LogP contribution in [0.4, 0.5) is 21.0 Å². The first-order valence-corrected chi connectivity index (χ1v) is 11.7. The van der Waals surface area contributed by atoms with E-state index < -0.39 is 0 Å². The minimum absolute atomic E-state index is 0.154. The molecule has 178 valence electrons. The minimum atomic E-state index is -0.222. The van der Waals surface area contributed by atoms with Crippen LogP contribution in [-0.2, 0) is 0 Å². The quantitative estimate of drug-likeness (QED) is 0.442. The Morgan fingerprint density at radius 1 is 0.971 bits per heavy atom. The van der Waals surface area contributed by atoms with Crippen LogP contribution in [0.1, 0.15) is 24.1 Å². The fraction of sp³-hybridized carbons (Fsp3) is 0.346. The monoisotopic (exact) mass is 460 g/mol. The van der Waals surface area contributed by atoms with Crippen molar-refractivity contribution >= 4 is 34.3 Å². The number of likely N-dealkylation sites (tertiary alicyclic amines) is 1. The van der Waals surface area contributed by atoms with Gasteiger partial charge in [0, 0.05) is 49.0 Å². The highest BCUT2D eigenvalue weighted by Crippen LogP contribution is 2.22. The minimum Gasteiger partial charge on any atom is -0.337 e. The lowest BCUT2D eigenvalue weighted by Gasteiger charge is -2.32. The molecule has 1 aliphatic rings. The number of aromatic nitrogens is 1. The van der Waals surface area contributed by atoms with E-state index in [1.807, 2.05) is 68.4 Å². The number of nitrogens with zero attached hydrogens (tertiary/aromatic N) is 2. The number of rotatable bonds is 6. The summed E-state index contributed by atoms with van der Waals surface area (Å²) in [6.45, 7) is 7.02. The Kier molecular flexibility index (Phi) is 7.59. The van der Waals surface area contributed by atoms with Gasteiger partial charge in [-0.25, -0.2) is 9.59 Å². The molecule has 0 aliphatic carbocycles. The Hall–Kier alpha value is -3.65. The lowest BCUT2D eigenvalue weighted by molar-refractivity contribution is 0.196. The van der Waals surface area contributed by atoms with Gasteiger partial charge in [-0.3, -0.25) is 4.98 Å². The summed E-state index contributed by atoms with van der Waals surface area (Å²) in [7, 11) is 0. The molecule has 8 heteroatoms. The summed E-state index contributed by atoms with van der Waals surface area (Å²) >= 11 is 0. The Morgan fingerprint density at radius 3 is 2.47 bits per heavy atom. The van der Waals surface area contributed by atoms with E-state index in [9.17, 15) is 9.59 Å². The first kappa shape index (κ1) is 23.5. The number of anilines is 2. The van der Waals surface area contributed by atoms with Crippen LogP contribution >= 0.6 is 0 Å². The lowest BCUT2D eigenvalue weighted by atomic mass is 10.1. The molecule has 3 aromatic rings. The highest BCUT2D eigenvalue weighted by atomic mass is 16.2. The zero-order valence-corrected chi connectivity index (χ0v) is 19.7. The standard InChI is InChI=1S/C26H32N6O2/c1-18-7-9-20(10-8-18)29-26(34)30-21-11-14-32(15-12-21)16-13-27-25(33)31-24-17-19(2)28-23-6-4-3-5-22(23)24/h3-10,17,21H,11-16H2,1-2H3,(H2,29,30,34)(H2,27,28,31,33). The molecule has 4 N–H and O–H groups in total. The predicted octanol–water partition coefficient (Wildman–Crippen LogP) is 4.26. The number of nitrogens with one attached hydrogen (secondary N) is 4. The van der Waals surface area contributed by atoms with Crippen molar-refractivity contribution in [2.24, 2.45) is 0 Å².